The molecule has 1 aromatic rings. The second-order valence-electron chi connectivity index (χ2n) is 4.52. The largest absolute Gasteiger partial charge is 0.469 e. The minimum atomic E-state index is -4.90. The van der Waals surface area contributed by atoms with E-state index in [-0.39, 0.29) is 18.1 Å². The summed E-state index contributed by atoms with van der Waals surface area (Å²) in [5.41, 5.74) is -3.02. The van der Waals surface area contributed by atoms with E-state index >= 15 is 0 Å². The molecule has 1 atom stereocenters. The van der Waals surface area contributed by atoms with Crippen LogP contribution < -0.4 is 0 Å². The highest BCUT2D eigenvalue weighted by atomic mass is 19.4. The minimum Gasteiger partial charge on any atom is -0.469 e. The Morgan fingerprint density at radius 2 is 1.48 bits per heavy atom. The number of benzene rings is 1. The Morgan fingerprint density at radius 1 is 1.05 bits per heavy atom. The minimum absolute atomic E-state index is 0.0500. The molecule has 0 aliphatic rings. The van der Waals surface area contributed by atoms with Gasteiger partial charge in [0.25, 0.3) is 0 Å². The van der Waals surface area contributed by atoms with Crippen molar-refractivity contribution in [3.05, 3.63) is 34.9 Å². The lowest BCUT2D eigenvalue weighted by Gasteiger charge is -2.17. The van der Waals surface area contributed by atoms with E-state index in [9.17, 15) is 31.1 Å². The van der Waals surface area contributed by atoms with Crippen molar-refractivity contribution in [1.82, 2.24) is 0 Å². The summed E-state index contributed by atoms with van der Waals surface area (Å²) in [5, 5.41) is 0. The molecule has 2 nitrogen and oxygen atoms in total. The molecule has 0 aliphatic carbocycles. The Labute approximate surface area is 116 Å². The van der Waals surface area contributed by atoms with Gasteiger partial charge in [-0.05, 0) is 29.7 Å². The molecule has 0 heterocycles. The molecule has 21 heavy (non-hydrogen) atoms. The number of carbonyl (C=O) groups excluding carboxylic acids is 1. The van der Waals surface area contributed by atoms with Gasteiger partial charge in [0.15, 0.2) is 0 Å². The average molecular weight is 314 g/mol. The van der Waals surface area contributed by atoms with E-state index in [2.05, 4.69) is 4.74 Å². The third-order valence-electron chi connectivity index (χ3n) is 2.88. The molecule has 118 valence electrons. The van der Waals surface area contributed by atoms with Crippen LogP contribution in [0.15, 0.2) is 18.2 Å². The van der Waals surface area contributed by atoms with Crippen molar-refractivity contribution in [3.63, 3.8) is 0 Å². The molecule has 0 amide bonds. The van der Waals surface area contributed by atoms with Gasteiger partial charge < -0.3 is 4.74 Å². The van der Waals surface area contributed by atoms with Crippen LogP contribution >= 0.6 is 0 Å². The van der Waals surface area contributed by atoms with Gasteiger partial charge in [-0.25, -0.2) is 0 Å². The Morgan fingerprint density at radius 3 is 1.81 bits per heavy atom. The highest BCUT2D eigenvalue weighted by Gasteiger charge is 2.37. The lowest BCUT2D eigenvalue weighted by molar-refractivity contribution is -0.143. The fourth-order valence-corrected chi connectivity index (χ4v) is 1.71. The molecular weight excluding hydrogens is 302 g/mol. The van der Waals surface area contributed by atoms with E-state index in [1.54, 1.807) is 0 Å². The zero-order valence-corrected chi connectivity index (χ0v) is 11.1. The van der Waals surface area contributed by atoms with Crippen LogP contribution in [0.4, 0.5) is 26.3 Å². The highest BCUT2D eigenvalue weighted by molar-refractivity contribution is 5.70. The van der Waals surface area contributed by atoms with Crippen molar-refractivity contribution >= 4 is 5.97 Å². The average Bonchev–Trinajstić information content (AvgIpc) is 2.35. The van der Waals surface area contributed by atoms with Crippen molar-refractivity contribution in [2.75, 3.05) is 7.11 Å². The molecule has 0 saturated carbocycles. The second kappa shape index (κ2) is 5.95. The van der Waals surface area contributed by atoms with Crippen LogP contribution in [-0.2, 0) is 21.9 Å². The van der Waals surface area contributed by atoms with Crippen LogP contribution in [0.3, 0.4) is 0 Å². The highest BCUT2D eigenvalue weighted by Crippen LogP contribution is 2.38. The van der Waals surface area contributed by atoms with E-state index in [1.165, 1.54) is 6.92 Å². The quantitative estimate of drug-likeness (QED) is 0.611. The number of methoxy groups -OCH3 is 1. The topological polar surface area (TPSA) is 26.3 Å². The van der Waals surface area contributed by atoms with Crippen LogP contribution in [0.25, 0.3) is 0 Å². The second-order valence-corrected chi connectivity index (χ2v) is 4.52. The van der Waals surface area contributed by atoms with Crippen LogP contribution in [0.1, 0.15) is 36.0 Å². The molecule has 0 N–H and O–H groups in total. The first-order chi connectivity index (χ1) is 9.45. The molecule has 0 aliphatic heterocycles. The Bertz CT molecular complexity index is 486. The molecule has 0 aromatic heterocycles. The summed E-state index contributed by atoms with van der Waals surface area (Å²) in [7, 11) is 1.09. The number of alkyl halides is 6. The maximum Gasteiger partial charge on any atom is 0.416 e. The van der Waals surface area contributed by atoms with Crippen LogP contribution in [0.5, 0.6) is 0 Å². The maximum absolute atomic E-state index is 12.7. The summed E-state index contributed by atoms with van der Waals surface area (Å²) < 4.78 is 80.4. The number of esters is 1. The number of rotatable bonds is 3. The van der Waals surface area contributed by atoms with E-state index in [0.717, 1.165) is 7.11 Å². The predicted octanol–water partition coefficient (Wildman–Crippen LogP) is 4.39. The monoisotopic (exact) mass is 314 g/mol. The third-order valence-corrected chi connectivity index (χ3v) is 2.88. The van der Waals surface area contributed by atoms with Gasteiger partial charge in [-0.1, -0.05) is 6.92 Å². The number of ether oxygens (including phenoxy) is 1. The molecular formula is C13H12F6O2. The zero-order valence-electron chi connectivity index (χ0n) is 11.1. The standard InChI is InChI=1S/C13H12F6O2/c1-7(3-11(20)21-2)8-4-9(12(14,15)16)6-10(5-8)13(17,18)19/h4-7H,3H2,1-2H3. The molecule has 1 unspecified atom stereocenters. The molecule has 0 spiro atoms. The number of hydrogen-bond donors (Lipinski definition) is 0. The summed E-state index contributed by atoms with van der Waals surface area (Å²) in [6, 6.07) is 1.28. The van der Waals surface area contributed by atoms with Crippen molar-refractivity contribution in [3.8, 4) is 0 Å². The fourth-order valence-electron chi connectivity index (χ4n) is 1.71. The van der Waals surface area contributed by atoms with E-state index < -0.39 is 35.4 Å². The summed E-state index contributed by atoms with van der Waals surface area (Å²) in [4.78, 5) is 11.1. The first-order valence-electron chi connectivity index (χ1n) is 5.81. The summed E-state index contributed by atoms with van der Waals surface area (Å²) >= 11 is 0. The maximum atomic E-state index is 12.7. The van der Waals surface area contributed by atoms with E-state index in [4.69, 9.17) is 0 Å². The summed E-state index contributed by atoms with van der Waals surface area (Å²) in [5.74, 6) is -1.55. The van der Waals surface area contributed by atoms with Gasteiger partial charge in [-0.2, -0.15) is 26.3 Å². The number of hydrogen-bond acceptors (Lipinski definition) is 2. The van der Waals surface area contributed by atoms with E-state index in [0.29, 0.717) is 12.1 Å². The Kier molecular flexibility index (Phi) is 4.91. The normalized spacial score (nSPS) is 13.9. The lowest BCUT2D eigenvalue weighted by atomic mass is 9.93. The number of halogens is 6. The third kappa shape index (κ3) is 4.64. The SMILES string of the molecule is COC(=O)CC(C)c1cc(C(F)(F)F)cc(C(F)(F)F)c1. The lowest BCUT2D eigenvalue weighted by Crippen LogP contribution is -2.13. The predicted molar refractivity (Wildman–Crippen MR) is 61.5 cm³/mol. The molecule has 0 saturated heterocycles. The van der Waals surface area contributed by atoms with Crippen molar-refractivity contribution < 1.29 is 35.9 Å². The van der Waals surface area contributed by atoms with Gasteiger partial charge in [0.2, 0.25) is 0 Å². The number of carbonyl (C=O) groups is 1. The molecule has 0 radical (unpaired) electrons. The molecule has 0 bridgehead atoms. The van der Waals surface area contributed by atoms with Gasteiger partial charge in [-0.15, -0.1) is 0 Å². The summed E-state index contributed by atoms with van der Waals surface area (Å²) in [6.45, 7) is 1.35. The first kappa shape index (κ1) is 17.3. The molecule has 1 rings (SSSR count). The van der Waals surface area contributed by atoms with Gasteiger partial charge in [0, 0.05) is 0 Å². The smallest absolute Gasteiger partial charge is 0.416 e. The van der Waals surface area contributed by atoms with Crippen LogP contribution in [0.2, 0.25) is 0 Å². The zero-order chi connectivity index (χ0) is 16.4. The van der Waals surface area contributed by atoms with E-state index in [1.807, 2.05) is 0 Å². The van der Waals surface area contributed by atoms with Crippen molar-refractivity contribution in [2.24, 2.45) is 0 Å². The van der Waals surface area contributed by atoms with Gasteiger partial charge in [0.1, 0.15) is 0 Å². The Hall–Kier alpha value is -1.73. The fraction of sp³-hybridized carbons (Fsp3) is 0.462. The summed E-state index contributed by atoms with van der Waals surface area (Å²) in [6.07, 6.45) is -10.1. The van der Waals surface area contributed by atoms with Gasteiger partial charge in [-0.3, -0.25) is 4.79 Å². The molecule has 0 fully saturated rings. The molecule has 1 aromatic carbocycles. The first-order valence-corrected chi connectivity index (χ1v) is 5.81. The van der Waals surface area contributed by atoms with Crippen LogP contribution in [0, 0.1) is 0 Å². The van der Waals surface area contributed by atoms with Crippen molar-refractivity contribution in [2.45, 2.75) is 31.6 Å². The Balaban J connectivity index is 3.28. The van der Waals surface area contributed by atoms with Gasteiger partial charge in [0.05, 0.1) is 24.7 Å². The molecule has 8 heteroatoms. The van der Waals surface area contributed by atoms with Crippen molar-refractivity contribution in [1.29, 1.82) is 0 Å². The van der Waals surface area contributed by atoms with Gasteiger partial charge >= 0.3 is 18.3 Å². The van der Waals surface area contributed by atoms with Crippen LogP contribution in [-0.4, -0.2) is 13.1 Å².